The summed E-state index contributed by atoms with van der Waals surface area (Å²) in [5.74, 6) is 0.126. The first kappa shape index (κ1) is 19.1. The van der Waals surface area contributed by atoms with Gasteiger partial charge in [0.05, 0.1) is 15.9 Å². The van der Waals surface area contributed by atoms with E-state index in [4.69, 9.17) is 11.6 Å². The van der Waals surface area contributed by atoms with Crippen LogP contribution in [0.15, 0.2) is 48.8 Å². The number of likely N-dealkylation sites (tertiary alicyclic amines) is 1. The molecule has 0 spiro atoms. The summed E-state index contributed by atoms with van der Waals surface area (Å²) in [5.41, 5.74) is 2.47. The first-order valence-corrected chi connectivity index (χ1v) is 10.5. The Hall–Kier alpha value is -2.28. The lowest BCUT2D eigenvalue weighted by molar-refractivity contribution is 0.0938. The van der Waals surface area contributed by atoms with E-state index in [0.717, 1.165) is 41.9 Å². The van der Waals surface area contributed by atoms with Crippen LogP contribution in [0, 0.1) is 0 Å². The second kappa shape index (κ2) is 8.39. The first-order valence-electron chi connectivity index (χ1n) is 9.35. The predicted octanol–water partition coefficient (Wildman–Crippen LogP) is 4.67. The summed E-state index contributed by atoms with van der Waals surface area (Å²) in [5, 5.41) is 13.0. The Labute approximate surface area is 173 Å². The average Bonchev–Trinajstić information content (AvgIpc) is 3.43. The number of hydrogen-bond donors (Lipinski definition) is 3. The van der Waals surface area contributed by atoms with E-state index in [0.29, 0.717) is 16.4 Å². The molecule has 1 aliphatic heterocycles. The Morgan fingerprint density at radius 1 is 1.25 bits per heavy atom. The van der Waals surface area contributed by atoms with E-state index in [1.165, 1.54) is 11.3 Å². The third-order valence-electron chi connectivity index (χ3n) is 5.12. The molecule has 146 valence electrons. The summed E-state index contributed by atoms with van der Waals surface area (Å²) in [4.78, 5) is 19.3. The van der Waals surface area contributed by atoms with Gasteiger partial charge in [0, 0.05) is 29.4 Å². The van der Waals surface area contributed by atoms with E-state index < -0.39 is 0 Å². The Morgan fingerprint density at radius 2 is 2.07 bits per heavy atom. The second-order valence-corrected chi connectivity index (χ2v) is 8.67. The van der Waals surface area contributed by atoms with E-state index in [9.17, 15) is 9.90 Å². The van der Waals surface area contributed by atoms with Crippen LogP contribution in [-0.2, 0) is 0 Å². The molecule has 0 radical (unpaired) electrons. The summed E-state index contributed by atoms with van der Waals surface area (Å²) < 4.78 is 0.695. The van der Waals surface area contributed by atoms with Gasteiger partial charge in [0.25, 0.3) is 5.91 Å². The van der Waals surface area contributed by atoms with Crippen molar-refractivity contribution >= 4 is 28.8 Å². The van der Waals surface area contributed by atoms with Crippen LogP contribution in [0.4, 0.5) is 0 Å². The van der Waals surface area contributed by atoms with Crippen molar-refractivity contribution in [3.63, 3.8) is 0 Å². The molecule has 1 aromatic carbocycles. The van der Waals surface area contributed by atoms with E-state index in [1.807, 2.05) is 30.5 Å². The van der Waals surface area contributed by atoms with Gasteiger partial charge in [0.1, 0.15) is 5.75 Å². The molecular weight excluding hydrogens is 394 g/mol. The molecule has 0 saturated carbocycles. The van der Waals surface area contributed by atoms with Crippen molar-refractivity contribution < 1.29 is 9.90 Å². The molecule has 4 rings (SSSR count). The van der Waals surface area contributed by atoms with Crippen LogP contribution in [0.2, 0.25) is 4.34 Å². The van der Waals surface area contributed by atoms with Gasteiger partial charge in [-0.05, 0) is 55.8 Å². The quantitative estimate of drug-likeness (QED) is 0.548. The number of carbonyl (C=O) groups is 1. The number of phenolic OH excluding ortho intramolecular Hbond substituents is 1. The fraction of sp³-hybridized carbons (Fsp3) is 0.286. The van der Waals surface area contributed by atoms with Crippen molar-refractivity contribution in [2.45, 2.75) is 18.9 Å². The maximum absolute atomic E-state index is 12.9. The highest BCUT2D eigenvalue weighted by Crippen LogP contribution is 2.33. The molecule has 1 unspecified atom stereocenters. The Bertz CT molecular complexity index is 962. The maximum atomic E-state index is 12.9. The highest BCUT2D eigenvalue weighted by Gasteiger charge is 2.25. The number of aromatic amines is 1. The number of aromatic nitrogens is 1. The lowest BCUT2D eigenvalue weighted by Gasteiger charge is -2.28. The molecule has 1 amide bonds. The smallest absolute Gasteiger partial charge is 0.253 e. The maximum Gasteiger partial charge on any atom is 0.253 e. The Kier molecular flexibility index (Phi) is 5.71. The second-order valence-electron chi connectivity index (χ2n) is 6.95. The minimum atomic E-state index is -0.120. The summed E-state index contributed by atoms with van der Waals surface area (Å²) in [6.45, 7) is 2.48. The van der Waals surface area contributed by atoms with Gasteiger partial charge in [-0.2, -0.15) is 0 Å². The van der Waals surface area contributed by atoms with Gasteiger partial charge in [0.2, 0.25) is 0 Å². The van der Waals surface area contributed by atoms with Crippen molar-refractivity contribution in [1.82, 2.24) is 15.2 Å². The van der Waals surface area contributed by atoms with Crippen LogP contribution in [0.5, 0.6) is 5.75 Å². The number of amides is 1. The van der Waals surface area contributed by atoms with Gasteiger partial charge >= 0.3 is 0 Å². The summed E-state index contributed by atoms with van der Waals surface area (Å²) in [7, 11) is 0. The van der Waals surface area contributed by atoms with Crippen LogP contribution in [0.3, 0.4) is 0 Å². The van der Waals surface area contributed by atoms with E-state index in [2.05, 4.69) is 15.2 Å². The third-order valence-corrected chi connectivity index (χ3v) is 6.39. The van der Waals surface area contributed by atoms with E-state index in [-0.39, 0.29) is 17.7 Å². The standard InChI is InChI=1S/C21H22ClN3O2S/c22-20-7-6-19(28-20)16-11-23-12-17(16)21(27)24-13-18(25-8-1-2-9-25)14-4-3-5-15(26)10-14/h3-7,10-12,18,23,26H,1-2,8-9,13H2,(H,24,27). The zero-order valence-corrected chi connectivity index (χ0v) is 16.9. The molecule has 0 aliphatic carbocycles. The summed E-state index contributed by atoms with van der Waals surface area (Å²) in [6.07, 6.45) is 5.86. The number of phenols is 1. The molecule has 3 aromatic rings. The van der Waals surface area contributed by atoms with Crippen LogP contribution in [-0.4, -0.2) is 40.5 Å². The molecular formula is C21H22ClN3O2S. The number of nitrogens with one attached hydrogen (secondary N) is 2. The van der Waals surface area contributed by atoms with E-state index >= 15 is 0 Å². The van der Waals surface area contributed by atoms with E-state index in [1.54, 1.807) is 18.3 Å². The van der Waals surface area contributed by atoms with Gasteiger partial charge in [-0.1, -0.05) is 23.7 Å². The fourth-order valence-corrected chi connectivity index (χ4v) is 4.82. The zero-order chi connectivity index (χ0) is 19.5. The monoisotopic (exact) mass is 415 g/mol. The molecule has 3 N–H and O–H groups in total. The van der Waals surface area contributed by atoms with Crippen molar-refractivity contribution in [2.75, 3.05) is 19.6 Å². The summed E-state index contributed by atoms with van der Waals surface area (Å²) in [6, 6.07) is 11.1. The average molecular weight is 416 g/mol. The number of hydrogen-bond acceptors (Lipinski definition) is 4. The van der Waals surface area contributed by atoms with Crippen LogP contribution < -0.4 is 5.32 Å². The van der Waals surface area contributed by atoms with Crippen LogP contribution in [0.25, 0.3) is 10.4 Å². The van der Waals surface area contributed by atoms with Gasteiger partial charge in [-0.3, -0.25) is 9.69 Å². The SMILES string of the molecule is O=C(NCC(c1cccc(O)c1)N1CCCC1)c1c[nH]cc1-c1ccc(Cl)s1. The number of carbonyl (C=O) groups excluding carboxylic acids is 1. The first-order chi connectivity index (χ1) is 13.6. The molecule has 3 heterocycles. The van der Waals surface area contributed by atoms with Gasteiger partial charge < -0.3 is 15.4 Å². The normalized spacial score (nSPS) is 15.6. The fourth-order valence-electron chi connectivity index (χ4n) is 3.74. The lowest BCUT2D eigenvalue weighted by Crippen LogP contribution is -2.36. The molecule has 7 heteroatoms. The lowest BCUT2D eigenvalue weighted by atomic mass is 10.0. The number of benzene rings is 1. The molecule has 28 heavy (non-hydrogen) atoms. The van der Waals surface area contributed by atoms with Gasteiger partial charge in [-0.15, -0.1) is 11.3 Å². The minimum Gasteiger partial charge on any atom is -0.508 e. The van der Waals surface area contributed by atoms with Crippen LogP contribution in [0.1, 0.15) is 34.8 Å². The number of halogens is 1. The Balaban J connectivity index is 1.51. The predicted molar refractivity (Wildman–Crippen MR) is 113 cm³/mol. The highest BCUT2D eigenvalue weighted by atomic mass is 35.5. The largest absolute Gasteiger partial charge is 0.508 e. The molecule has 1 fully saturated rings. The van der Waals surface area contributed by atoms with Gasteiger partial charge in [-0.25, -0.2) is 0 Å². The summed E-state index contributed by atoms with van der Waals surface area (Å²) >= 11 is 7.50. The number of rotatable bonds is 6. The Morgan fingerprint density at radius 3 is 2.79 bits per heavy atom. The number of thiophene rings is 1. The van der Waals surface area contributed by atoms with Crippen molar-refractivity contribution in [2.24, 2.45) is 0 Å². The minimum absolute atomic E-state index is 0.0390. The third kappa shape index (κ3) is 4.09. The number of H-pyrrole nitrogens is 1. The molecule has 1 aliphatic rings. The number of nitrogens with zero attached hydrogens (tertiary/aromatic N) is 1. The molecule has 1 saturated heterocycles. The topological polar surface area (TPSA) is 68.4 Å². The van der Waals surface area contributed by atoms with Crippen LogP contribution >= 0.6 is 22.9 Å². The zero-order valence-electron chi connectivity index (χ0n) is 15.3. The molecule has 1 atom stereocenters. The van der Waals surface area contributed by atoms with Crippen molar-refractivity contribution in [1.29, 1.82) is 0 Å². The van der Waals surface area contributed by atoms with Crippen molar-refractivity contribution in [3.8, 4) is 16.2 Å². The molecule has 0 bridgehead atoms. The van der Waals surface area contributed by atoms with Gasteiger partial charge in [0.15, 0.2) is 0 Å². The highest BCUT2D eigenvalue weighted by molar-refractivity contribution is 7.19. The molecule has 5 nitrogen and oxygen atoms in total. The molecule has 2 aromatic heterocycles. The number of aromatic hydroxyl groups is 1. The van der Waals surface area contributed by atoms with Crippen molar-refractivity contribution in [3.05, 3.63) is 64.3 Å².